The van der Waals surface area contributed by atoms with E-state index in [0.29, 0.717) is 17.4 Å². The van der Waals surface area contributed by atoms with Crippen molar-refractivity contribution in [2.24, 2.45) is 11.7 Å². The van der Waals surface area contributed by atoms with Gasteiger partial charge in [-0.25, -0.2) is 0 Å². The lowest BCUT2D eigenvalue weighted by Crippen LogP contribution is -2.46. The number of likely N-dealkylation sites (N-methyl/N-ethyl adjacent to an activating group) is 1. The Balaban J connectivity index is 3.86. The lowest BCUT2D eigenvalue weighted by atomic mass is 9.99. The summed E-state index contributed by atoms with van der Waals surface area (Å²) in [7, 11) is 1.27. The largest absolute Gasteiger partial charge is 0.756 e. The molecule has 0 radical (unpaired) electrons. The summed E-state index contributed by atoms with van der Waals surface area (Å²) in [5.74, 6) is 0.789. The summed E-state index contributed by atoms with van der Waals surface area (Å²) in [5.41, 5.74) is 5.80. The second-order valence-electron chi connectivity index (χ2n) is 10.1. The highest BCUT2D eigenvalue weighted by molar-refractivity contribution is 7.45. The van der Waals surface area contributed by atoms with Gasteiger partial charge in [-0.3, -0.25) is 4.57 Å². The van der Waals surface area contributed by atoms with Crippen molar-refractivity contribution in [3.8, 4) is 0 Å². The second-order valence-corrected chi connectivity index (χ2v) is 11.5. The van der Waals surface area contributed by atoms with Crippen LogP contribution in [-0.4, -0.2) is 73.8 Å². The number of hydrogen-bond donors (Lipinski definition) is 3. The van der Waals surface area contributed by atoms with E-state index in [4.69, 9.17) is 14.8 Å². The molecule has 188 valence electrons. The van der Waals surface area contributed by atoms with Gasteiger partial charge in [0.1, 0.15) is 13.2 Å². The molecule has 0 aromatic heterocycles. The zero-order valence-corrected chi connectivity index (χ0v) is 21.4. The number of aliphatic hydroxyl groups excluding tert-OH is 2. The maximum absolute atomic E-state index is 11.8. The van der Waals surface area contributed by atoms with Gasteiger partial charge in [0.2, 0.25) is 0 Å². The normalized spacial score (nSPS) is 17.5. The summed E-state index contributed by atoms with van der Waals surface area (Å²) >= 11 is 0. The molecular weight excluding hydrogens is 419 g/mol. The molecule has 0 saturated carbocycles. The topological polar surface area (TPSA) is 125 Å². The van der Waals surface area contributed by atoms with Crippen LogP contribution >= 0.6 is 7.82 Å². The Labute approximate surface area is 190 Å². The SMILES string of the molecule is CC(C)CCCCCCCCCC[C@@H](O)[C@@H](O)[C@@H](N)COP(=O)([O-])OCC[N+](C)(C)C. The summed E-state index contributed by atoms with van der Waals surface area (Å²) < 4.78 is 21.9. The quantitative estimate of drug-likeness (QED) is 0.142. The van der Waals surface area contributed by atoms with Crippen molar-refractivity contribution in [2.75, 3.05) is 40.9 Å². The lowest BCUT2D eigenvalue weighted by molar-refractivity contribution is -0.870. The van der Waals surface area contributed by atoms with Gasteiger partial charge in [0.05, 0.1) is 46.0 Å². The fourth-order valence-corrected chi connectivity index (χ4v) is 3.90. The van der Waals surface area contributed by atoms with Gasteiger partial charge in [-0.05, 0) is 12.3 Å². The number of quaternary nitrogens is 1. The first-order valence-electron chi connectivity index (χ1n) is 11.9. The maximum Gasteiger partial charge on any atom is 0.268 e. The molecular formula is C22H49N2O6P. The molecule has 0 aliphatic rings. The third-order valence-electron chi connectivity index (χ3n) is 5.30. The number of rotatable bonds is 20. The molecule has 1 unspecified atom stereocenters. The molecule has 0 aromatic rings. The van der Waals surface area contributed by atoms with E-state index in [1.54, 1.807) is 0 Å². The Kier molecular flexibility index (Phi) is 16.5. The van der Waals surface area contributed by atoms with E-state index in [-0.39, 0.29) is 6.61 Å². The third-order valence-corrected chi connectivity index (χ3v) is 6.26. The van der Waals surface area contributed by atoms with E-state index in [1.807, 2.05) is 21.1 Å². The molecule has 9 heteroatoms. The Morgan fingerprint density at radius 3 is 1.87 bits per heavy atom. The number of phosphoric ester groups is 1. The van der Waals surface area contributed by atoms with E-state index in [9.17, 15) is 19.7 Å². The van der Waals surface area contributed by atoms with E-state index >= 15 is 0 Å². The van der Waals surface area contributed by atoms with Crippen LogP contribution < -0.4 is 10.6 Å². The van der Waals surface area contributed by atoms with Gasteiger partial charge >= 0.3 is 0 Å². The van der Waals surface area contributed by atoms with Gasteiger partial charge in [0.15, 0.2) is 0 Å². The minimum absolute atomic E-state index is 0.00262. The average molecular weight is 469 g/mol. The molecule has 0 saturated heterocycles. The minimum atomic E-state index is -4.48. The highest BCUT2D eigenvalue weighted by Gasteiger charge is 2.25. The fraction of sp³-hybridized carbons (Fsp3) is 1.00. The summed E-state index contributed by atoms with van der Waals surface area (Å²) in [6.07, 6.45) is 8.75. The molecule has 0 heterocycles. The summed E-state index contributed by atoms with van der Waals surface area (Å²) in [6.45, 7) is 4.59. The van der Waals surface area contributed by atoms with Gasteiger partial charge < -0.3 is 34.4 Å². The van der Waals surface area contributed by atoms with Crippen LogP contribution in [-0.2, 0) is 13.6 Å². The molecule has 0 aliphatic carbocycles. The van der Waals surface area contributed by atoms with E-state index in [1.165, 1.54) is 38.5 Å². The monoisotopic (exact) mass is 468 g/mol. The van der Waals surface area contributed by atoms with E-state index in [0.717, 1.165) is 25.2 Å². The van der Waals surface area contributed by atoms with Crippen molar-refractivity contribution >= 4 is 7.82 Å². The van der Waals surface area contributed by atoms with Crippen molar-refractivity contribution in [2.45, 2.75) is 96.3 Å². The smallest absolute Gasteiger partial charge is 0.268 e. The maximum atomic E-state index is 11.8. The first-order valence-corrected chi connectivity index (χ1v) is 13.3. The molecule has 4 atom stereocenters. The predicted octanol–water partition coefficient (Wildman–Crippen LogP) is 2.80. The van der Waals surface area contributed by atoms with Gasteiger partial charge in [-0.15, -0.1) is 0 Å². The minimum Gasteiger partial charge on any atom is -0.756 e. The van der Waals surface area contributed by atoms with Crippen LogP contribution in [0.1, 0.15) is 78.1 Å². The van der Waals surface area contributed by atoms with E-state index < -0.39 is 32.7 Å². The molecule has 0 aromatic carbocycles. The average Bonchev–Trinajstić information content (AvgIpc) is 2.65. The van der Waals surface area contributed by atoms with Gasteiger partial charge in [-0.1, -0.05) is 71.6 Å². The highest BCUT2D eigenvalue weighted by Crippen LogP contribution is 2.38. The standard InChI is InChI=1S/C22H49N2O6P/c1-19(2)14-12-10-8-6-7-9-11-13-15-21(25)22(26)20(23)18-30-31(27,28)29-17-16-24(3,4)5/h19-22,25-26H,6-18,23H2,1-5H3/t20-,21+,22-/m0/s1. The van der Waals surface area contributed by atoms with Gasteiger partial charge in [0.25, 0.3) is 7.82 Å². The first-order chi connectivity index (χ1) is 14.3. The molecule has 0 rings (SSSR count). The lowest BCUT2D eigenvalue weighted by Gasteiger charge is -2.29. The Bertz CT molecular complexity index is 487. The Morgan fingerprint density at radius 1 is 0.903 bits per heavy atom. The zero-order valence-electron chi connectivity index (χ0n) is 20.5. The van der Waals surface area contributed by atoms with Crippen molar-refractivity contribution in [1.82, 2.24) is 0 Å². The summed E-state index contributed by atoms with van der Waals surface area (Å²) in [5, 5.41) is 20.3. The van der Waals surface area contributed by atoms with Crippen molar-refractivity contribution in [3.05, 3.63) is 0 Å². The predicted molar refractivity (Wildman–Crippen MR) is 123 cm³/mol. The number of nitrogens with zero attached hydrogens (tertiary/aromatic N) is 1. The van der Waals surface area contributed by atoms with Crippen LogP contribution in [0, 0.1) is 5.92 Å². The number of aliphatic hydroxyl groups is 2. The van der Waals surface area contributed by atoms with Gasteiger partial charge in [-0.2, -0.15) is 0 Å². The molecule has 0 spiro atoms. The number of phosphoric acid groups is 1. The Hall–Kier alpha value is -0.0500. The summed E-state index contributed by atoms with van der Waals surface area (Å²) in [6, 6.07) is -1.01. The molecule has 8 nitrogen and oxygen atoms in total. The highest BCUT2D eigenvalue weighted by atomic mass is 31.2. The summed E-state index contributed by atoms with van der Waals surface area (Å²) in [4.78, 5) is 11.8. The first kappa shape index (κ1) is 30.9. The molecule has 0 aliphatic heterocycles. The molecule has 4 N–H and O–H groups in total. The van der Waals surface area contributed by atoms with Crippen LogP contribution in [0.2, 0.25) is 0 Å². The number of hydrogen-bond acceptors (Lipinski definition) is 7. The fourth-order valence-electron chi connectivity index (χ4n) is 3.16. The molecule has 0 bridgehead atoms. The van der Waals surface area contributed by atoms with Crippen LogP contribution in [0.3, 0.4) is 0 Å². The third kappa shape index (κ3) is 19.2. The number of nitrogens with two attached hydrogens (primary N) is 1. The molecule has 0 amide bonds. The molecule has 0 fully saturated rings. The number of unbranched alkanes of at least 4 members (excludes halogenated alkanes) is 7. The van der Waals surface area contributed by atoms with Crippen LogP contribution in [0.25, 0.3) is 0 Å². The zero-order chi connectivity index (χ0) is 23.9. The van der Waals surface area contributed by atoms with Crippen molar-refractivity contribution in [3.63, 3.8) is 0 Å². The van der Waals surface area contributed by atoms with Crippen molar-refractivity contribution < 1.29 is 33.2 Å². The molecule has 31 heavy (non-hydrogen) atoms. The van der Waals surface area contributed by atoms with Gasteiger partial charge in [0, 0.05) is 0 Å². The second kappa shape index (κ2) is 16.5. The van der Waals surface area contributed by atoms with Crippen molar-refractivity contribution in [1.29, 1.82) is 0 Å². The Morgan fingerprint density at radius 2 is 1.39 bits per heavy atom. The van der Waals surface area contributed by atoms with Crippen LogP contribution in [0.5, 0.6) is 0 Å². The van der Waals surface area contributed by atoms with Crippen LogP contribution in [0.4, 0.5) is 0 Å². The van der Waals surface area contributed by atoms with E-state index in [2.05, 4.69) is 13.8 Å². The van der Waals surface area contributed by atoms with Crippen LogP contribution in [0.15, 0.2) is 0 Å².